The maximum atomic E-state index is 11.3. The third kappa shape index (κ3) is 4.08. The van der Waals surface area contributed by atoms with Crippen LogP contribution in [0, 0.1) is 6.92 Å². The maximum Gasteiger partial charge on any atom is 0.171 e. The zero-order valence-electron chi connectivity index (χ0n) is 10.9. The quantitative estimate of drug-likeness (QED) is 0.461. The normalized spacial score (nSPS) is 10.4. The summed E-state index contributed by atoms with van der Waals surface area (Å²) in [4.78, 5) is 16.5. The number of ketones is 1. The van der Waals surface area contributed by atoms with Gasteiger partial charge in [0.25, 0.3) is 0 Å². The molecule has 0 amide bonds. The van der Waals surface area contributed by atoms with Gasteiger partial charge in [-0.05, 0) is 19.1 Å². The van der Waals surface area contributed by atoms with Gasteiger partial charge in [-0.2, -0.15) is 0 Å². The van der Waals surface area contributed by atoms with Gasteiger partial charge in [-0.3, -0.25) is 4.79 Å². The molecular weight excluding hydrogens is 278 g/mol. The first-order valence-electron chi connectivity index (χ1n) is 5.96. The molecule has 0 saturated heterocycles. The lowest BCUT2D eigenvalue weighted by molar-refractivity contribution is 0.102. The van der Waals surface area contributed by atoms with Crippen LogP contribution in [0.2, 0.25) is 0 Å². The lowest BCUT2D eigenvalue weighted by atomic mass is 10.3. The Hall–Kier alpha value is -1.33. The van der Waals surface area contributed by atoms with E-state index >= 15 is 0 Å². The van der Waals surface area contributed by atoms with E-state index in [4.69, 9.17) is 4.74 Å². The summed E-state index contributed by atoms with van der Waals surface area (Å²) < 4.78 is 6.53. The molecule has 0 fully saturated rings. The van der Waals surface area contributed by atoms with Gasteiger partial charge in [-0.15, -0.1) is 11.3 Å². The predicted octanol–water partition coefficient (Wildman–Crippen LogP) is 3.83. The molecule has 3 nitrogen and oxygen atoms in total. The van der Waals surface area contributed by atoms with E-state index in [0.717, 1.165) is 26.4 Å². The van der Waals surface area contributed by atoms with E-state index in [1.54, 1.807) is 18.7 Å². The Balaban J connectivity index is 1.80. The number of aryl methyl sites for hydroxylation is 1. The summed E-state index contributed by atoms with van der Waals surface area (Å²) in [6.07, 6.45) is 0. The Morgan fingerprint density at radius 3 is 2.74 bits per heavy atom. The molecule has 2 aromatic rings. The van der Waals surface area contributed by atoms with Crippen molar-refractivity contribution >= 4 is 28.9 Å². The van der Waals surface area contributed by atoms with Crippen LogP contribution in [0.4, 0.5) is 0 Å². The fourth-order valence-electron chi connectivity index (χ4n) is 1.57. The first kappa shape index (κ1) is 14.1. The number of thiazole rings is 1. The number of carbonyl (C=O) groups is 1. The lowest BCUT2D eigenvalue weighted by Crippen LogP contribution is -1.99. The number of ether oxygens (including phenoxy) is 1. The highest BCUT2D eigenvalue weighted by molar-refractivity contribution is 8.01. The van der Waals surface area contributed by atoms with Gasteiger partial charge in [-0.1, -0.05) is 30.0 Å². The number of aromatic nitrogens is 1. The van der Waals surface area contributed by atoms with E-state index in [0.29, 0.717) is 6.61 Å². The number of hydrogen-bond donors (Lipinski definition) is 0. The van der Waals surface area contributed by atoms with Crippen molar-refractivity contribution in [2.75, 3.05) is 12.4 Å². The molecule has 0 spiro atoms. The Morgan fingerprint density at radius 1 is 1.37 bits per heavy atom. The van der Waals surface area contributed by atoms with Crippen LogP contribution in [0.5, 0.6) is 5.75 Å². The van der Waals surface area contributed by atoms with Crippen molar-refractivity contribution in [3.8, 4) is 5.75 Å². The molecule has 5 heteroatoms. The molecular formula is C14H15NO2S2. The third-order valence-corrected chi connectivity index (χ3v) is 4.78. The predicted molar refractivity (Wildman–Crippen MR) is 79.5 cm³/mol. The number of rotatable bonds is 6. The molecule has 1 heterocycles. The lowest BCUT2D eigenvalue weighted by Gasteiger charge is -2.03. The van der Waals surface area contributed by atoms with Gasteiger partial charge >= 0.3 is 0 Å². The number of Topliss-reactive ketones (excluding diaryl/α,β-unsaturated/α-hetero) is 1. The van der Waals surface area contributed by atoms with E-state index in [9.17, 15) is 4.79 Å². The van der Waals surface area contributed by atoms with Gasteiger partial charge in [0.05, 0.1) is 17.2 Å². The minimum Gasteiger partial charge on any atom is -0.493 e. The molecule has 2 rings (SSSR count). The average molecular weight is 293 g/mol. The second-order valence-electron chi connectivity index (χ2n) is 3.96. The van der Waals surface area contributed by atoms with Gasteiger partial charge in [0, 0.05) is 12.7 Å². The Morgan fingerprint density at radius 2 is 2.11 bits per heavy atom. The minimum atomic E-state index is 0.0855. The Bertz CT molecular complexity index is 552. The summed E-state index contributed by atoms with van der Waals surface area (Å²) in [5, 5.41) is 0. The van der Waals surface area contributed by atoms with Crippen molar-refractivity contribution in [2.24, 2.45) is 0 Å². The second-order valence-corrected chi connectivity index (χ2v) is 6.30. The summed E-state index contributed by atoms with van der Waals surface area (Å²) in [6.45, 7) is 4.08. The highest BCUT2D eigenvalue weighted by Gasteiger charge is 2.11. The molecule has 1 aromatic heterocycles. The molecule has 100 valence electrons. The molecule has 19 heavy (non-hydrogen) atoms. The highest BCUT2D eigenvalue weighted by atomic mass is 32.2. The second kappa shape index (κ2) is 6.73. The number of benzene rings is 1. The zero-order valence-corrected chi connectivity index (χ0v) is 12.5. The van der Waals surface area contributed by atoms with Gasteiger partial charge in [0.2, 0.25) is 0 Å². The van der Waals surface area contributed by atoms with Crippen molar-refractivity contribution in [1.29, 1.82) is 0 Å². The SMILES string of the molecule is CC(=O)c1sc(SCCOc2ccccc2)nc1C. The molecule has 0 N–H and O–H groups in total. The fraction of sp³-hybridized carbons (Fsp3) is 0.286. The third-order valence-electron chi connectivity index (χ3n) is 2.42. The Kier molecular flexibility index (Phi) is 4.99. The van der Waals surface area contributed by atoms with Crippen molar-refractivity contribution < 1.29 is 9.53 Å². The van der Waals surface area contributed by atoms with Crippen molar-refractivity contribution in [1.82, 2.24) is 4.98 Å². The van der Waals surface area contributed by atoms with Gasteiger partial charge in [0.1, 0.15) is 5.75 Å². The van der Waals surface area contributed by atoms with Crippen LogP contribution < -0.4 is 4.74 Å². The zero-order chi connectivity index (χ0) is 13.7. The minimum absolute atomic E-state index is 0.0855. The smallest absolute Gasteiger partial charge is 0.171 e. The summed E-state index contributed by atoms with van der Waals surface area (Å²) in [6, 6.07) is 9.74. The van der Waals surface area contributed by atoms with Crippen LogP contribution in [0.3, 0.4) is 0 Å². The topological polar surface area (TPSA) is 39.2 Å². The first-order chi connectivity index (χ1) is 9.16. The first-order valence-corrected chi connectivity index (χ1v) is 7.76. The standard InChI is InChI=1S/C14H15NO2S2/c1-10-13(11(2)16)19-14(15-10)18-9-8-17-12-6-4-3-5-7-12/h3-7H,8-9H2,1-2H3. The molecule has 0 aliphatic heterocycles. The summed E-state index contributed by atoms with van der Waals surface area (Å²) in [5.74, 6) is 1.78. The summed E-state index contributed by atoms with van der Waals surface area (Å²) in [5.41, 5.74) is 0.823. The largest absolute Gasteiger partial charge is 0.493 e. The molecule has 0 atom stereocenters. The molecule has 0 saturated carbocycles. The number of thioether (sulfide) groups is 1. The molecule has 0 radical (unpaired) electrons. The van der Waals surface area contributed by atoms with E-state index in [1.807, 2.05) is 37.3 Å². The van der Waals surface area contributed by atoms with Crippen LogP contribution in [-0.2, 0) is 0 Å². The van der Waals surface area contributed by atoms with E-state index in [-0.39, 0.29) is 5.78 Å². The summed E-state index contributed by atoms with van der Waals surface area (Å²) in [7, 11) is 0. The summed E-state index contributed by atoms with van der Waals surface area (Å²) >= 11 is 3.08. The molecule has 0 aliphatic carbocycles. The monoisotopic (exact) mass is 293 g/mol. The van der Waals surface area contributed by atoms with Gasteiger partial charge in [-0.25, -0.2) is 4.98 Å². The van der Waals surface area contributed by atoms with E-state index in [1.165, 1.54) is 11.3 Å². The Labute approximate surface area is 121 Å². The number of carbonyl (C=O) groups excluding carboxylic acids is 1. The van der Waals surface area contributed by atoms with Gasteiger partial charge < -0.3 is 4.74 Å². The number of para-hydroxylation sites is 1. The van der Waals surface area contributed by atoms with Gasteiger partial charge in [0.15, 0.2) is 10.1 Å². The van der Waals surface area contributed by atoms with E-state index < -0.39 is 0 Å². The number of hydrogen-bond acceptors (Lipinski definition) is 5. The molecule has 0 bridgehead atoms. The van der Waals surface area contributed by atoms with Crippen LogP contribution >= 0.6 is 23.1 Å². The van der Waals surface area contributed by atoms with Crippen molar-refractivity contribution in [3.63, 3.8) is 0 Å². The molecule has 0 unspecified atom stereocenters. The van der Waals surface area contributed by atoms with Crippen molar-refractivity contribution in [2.45, 2.75) is 18.2 Å². The average Bonchev–Trinajstić information content (AvgIpc) is 2.77. The van der Waals surface area contributed by atoms with Crippen LogP contribution in [-0.4, -0.2) is 23.1 Å². The van der Waals surface area contributed by atoms with Crippen molar-refractivity contribution in [3.05, 3.63) is 40.9 Å². The fourth-order valence-corrected chi connectivity index (χ4v) is 3.54. The van der Waals surface area contributed by atoms with Crippen LogP contribution in [0.15, 0.2) is 34.7 Å². The highest BCUT2D eigenvalue weighted by Crippen LogP contribution is 2.27. The van der Waals surface area contributed by atoms with E-state index in [2.05, 4.69) is 4.98 Å². The van der Waals surface area contributed by atoms with Crippen LogP contribution in [0.25, 0.3) is 0 Å². The molecule has 1 aromatic carbocycles. The maximum absolute atomic E-state index is 11.3. The molecule has 0 aliphatic rings. The number of nitrogens with zero attached hydrogens (tertiary/aromatic N) is 1. The van der Waals surface area contributed by atoms with Crippen LogP contribution in [0.1, 0.15) is 22.3 Å².